The molecule has 0 spiro atoms. The van der Waals surface area contributed by atoms with Crippen LogP contribution in [0.1, 0.15) is 5.69 Å². The van der Waals surface area contributed by atoms with Crippen molar-refractivity contribution in [1.82, 2.24) is 9.38 Å². The van der Waals surface area contributed by atoms with E-state index in [0.29, 0.717) is 4.96 Å². The third-order valence-corrected chi connectivity index (χ3v) is 3.94. The molecule has 0 saturated carbocycles. The summed E-state index contributed by atoms with van der Waals surface area (Å²) in [6.45, 7) is 1.84. The number of primary sulfonamides is 1. The second-order valence-corrected chi connectivity index (χ2v) is 5.46. The smallest absolute Gasteiger partial charge is 0.249 e. The molecule has 2 aromatic rings. The van der Waals surface area contributed by atoms with Gasteiger partial charge < -0.3 is 0 Å². The Bertz CT molecular complexity index is 520. The van der Waals surface area contributed by atoms with Gasteiger partial charge in [0.2, 0.25) is 10.0 Å². The Morgan fingerprint density at radius 1 is 1.54 bits per heavy atom. The highest BCUT2D eigenvalue weighted by molar-refractivity contribution is 7.91. The van der Waals surface area contributed by atoms with Crippen molar-refractivity contribution in [3.8, 4) is 0 Å². The largest absolute Gasteiger partial charge is 0.296 e. The average Bonchev–Trinajstić information content (AvgIpc) is 2.40. The maximum absolute atomic E-state index is 10.9. The van der Waals surface area contributed by atoms with Gasteiger partial charge in [-0.25, -0.2) is 18.5 Å². The lowest BCUT2D eigenvalue weighted by molar-refractivity contribution is 0.599. The van der Waals surface area contributed by atoms with Crippen molar-refractivity contribution in [2.24, 2.45) is 5.14 Å². The van der Waals surface area contributed by atoms with Crippen molar-refractivity contribution in [1.29, 1.82) is 0 Å². The second-order valence-electron chi connectivity index (χ2n) is 2.67. The van der Waals surface area contributed by atoms with E-state index in [1.165, 1.54) is 6.20 Å². The predicted molar refractivity (Wildman–Crippen MR) is 49.2 cm³/mol. The molecule has 0 aliphatic rings. The van der Waals surface area contributed by atoms with Crippen LogP contribution in [0.2, 0.25) is 0 Å². The zero-order valence-corrected chi connectivity index (χ0v) is 8.39. The summed E-state index contributed by atoms with van der Waals surface area (Å²) >= 11 is 1.06. The van der Waals surface area contributed by atoms with E-state index in [-0.39, 0.29) is 4.21 Å². The molecule has 2 N–H and O–H groups in total. The number of nitrogens with zero attached hydrogens (tertiary/aromatic N) is 2. The third kappa shape index (κ3) is 1.45. The van der Waals surface area contributed by atoms with Crippen LogP contribution in [0.25, 0.3) is 4.96 Å². The Morgan fingerprint density at radius 3 is 2.77 bits per heavy atom. The van der Waals surface area contributed by atoms with Crippen LogP contribution in [-0.2, 0) is 10.0 Å². The number of sulfonamides is 1. The van der Waals surface area contributed by atoms with Gasteiger partial charge in [0.1, 0.15) is 0 Å². The first-order valence-corrected chi connectivity index (χ1v) is 5.81. The summed E-state index contributed by atoms with van der Waals surface area (Å²) < 4.78 is 23.7. The number of hydrogen-bond acceptors (Lipinski definition) is 4. The summed E-state index contributed by atoms with van der Waals surface area (Å²) in [6.07, 6.45) is 3.22. The summed E-state index contributed by atoms with van der Waals surface area (Å²) in [4.78, 5) is 4.75. The summed E-state index contributed by atoms with van der Waals surface area (Å²) in [5.74, 6) is 0. The first-order valence-electron chi connectivity index (χ1n) is 3.45. The second kappa shape index (κ2) is 2.53. The van der Waals surface area contributed by atoms with Crippen molar-refractivity contribution in [2.45, 2.75) is 11.1 Å². The Hall–Kier alpha value is -0.920. The van der Waals surface area contributed by atoms with E-state index in [4.69, 9.17) is 5.14 Å². The summed E-state index contributed by atoms with van der Waals surface area (Å²) in [7, 11) is -3.59. The van der Waals surface area contributed by atoms with Crippen molar-refractivity contribution < 1.29 is 8.42 Å². The molecule has 0 saturated heterocycles. The number of imidazole rings is 1. The molecule has 0 aromatic carbocycles. The minimum atomic E-state index is -3.59. The summed E-state index contributed by atoms with van der Waals surface area (Å²) in [5, 5.41) is 4.96. The number of hydrogen-bond donors (Lipinski definition) is 1. The topological polar surface area (TPSA) is 77.5 Å². The highest BCUT2D eigenvalue weighted by Gasteiger charge is 2.13. The molecule has 70 valence electrons. The SMILES string of the molecule is Cc1cn2cc(S(N)(=O)=O)sc2n1. The predicted octanol–water partition coefficient (Wildman–Crippen LogP) is 0.352. The molecular weight excluding hydrogens is 210 g/mol. The number of rotatable bonds is 1. The van der Waals surface area contributed by atoms with E-state index in [9.17, 15) is 8.42 Å². The molecule has 0 unspecified atom stereocenters. The molecule has 7 heteroatoms. The normalized spacial score (nSPS) is 12.5. The van der Waals surface area contributed by atoms with Gasteiger partial charge in [0.15, 0.2) is 9.17 Å². The van der Waals surface area contributed by atoms with E-state index < -0.39 is 10.0 Å². The minimum Gasteiger partial charge on any atom is -0.296 e. The number of fused-ring (bicyclic) bond motifs is 1. The molecule has 0 amide bonds. The lowest BCUT2D eigenvalue weighted by Crippen LogP contribution is -2.10. The van der Waals surface area contributed by atoms with E-state index in [2.05, 4.69) is 4.98 Å². The van der Waals surface area contributed by atoms with Crippen LogP contribution in [0.15, 0.2) is 16.6 Å². The van der Waals surface area contributed by atoms with Gasteiger partial charge in [-0.15, -0.1) is 0 Å². The van der Waals surface area contributed by atoms with Crippen LogP contribution in [-0.4, -0.2) is 17.8 Å². The van der Waals surface area contributed by atoms with Gasteiger partial charge >= 0.3 is 0 Å². The first-order chi connectivity index (χ1) is 5.97. The van der Waals surface area contributed by atoms with E-state index in [1.54, 1.807) is 10.6 Å². The Balaban J connectivity index is 2.71. The standard InChI is InChI=1S/C6H7N3O2S2/c1-4-2-9-3-5(13(7,10)11)12-6(9)8-4/h2-3H,1H3,(H2,7,10,11). The molecule has 5 nitrogen and oxygen atoms in total. The maximum atomic E-state index is 10.9. The van der Waals surface area contributed by atoms with Gasteiger partial charge in [-0.05, 0) is 6.92 Å². The summed E-state index contributed by atoms with van der Waals surface area (Å²) in [5.41, 5.74) is 0.854. The number of nitrogens with two attached hydrogens (primary N) is 1. The van der Waals surface area contributed by atoms with Gasteiger partial charge in [-0.1, -0.05) is 11.3 Å². The monoisotopic (exact) mass is 217 g/mol. The Morgan fingerprint density at radius 2 is 2.23 bits per heavy atom. The molecule has 0 aliphatic heterocycles. The van der Waals surface area contributed by atoms with Gasteiger partial charge in [-0.2, -0.15) is 0 Å². The fourth-order valence-electron chi connectivity index (χ4n) is 1.02. The van der Waals surface area contributed by atoms with Crippen molar-refractivity contribution in [2.75, 3.05) is 0 Å². The number of aryl methyl sites for hydroxylation is 1. The van der Waals surface area contributed by atoms with Gasteiger partial charge in [0, 0.05) is 12.4 Å². The lowest BCUT2D eigenvalue weighted by Gasteiger charge is -1.87. The fourth-order valence-corrected chi connectivity index (χ4v) is 2.72. The molecule has 2 heterocycles. The number of aromatic nitrogens is 2. The molecule has 0 atom stereocenters. The van der Waals surface area contributed by atoms with Crippen LogP contribution in [0.5, 0.6) is 0 Å². The lowest BCUT2D eigenvalue weighted by atomic mass is 10.6. The van der Waals surface area contributed by atoms with Crippen LogP contribution in [0.3, 0.4) is 0 Å². The fraction of sp³-hybridized carbons (Fsp3) is 0.167. The van der Waals surface area contributed by atoms with E-state index in [1.807, 2.05) is 6.92 Å². The molecule has 0 radical (unpaired) electrons. The average molecular weight is 217 g/mol. The van der Waals surface area contributed by atoms with Gasteiger partial charge in [0.05, 0.1) is 5.69 Å². The van der Waals surface area contributed by atoms with Crippen molar-refractivity contribution in [3.05, 3.63) is 18.1 Å². The molecule has 2 aromatic heterocycles. The van der Waals surface area contributed by atoms with E-state index in [0.717, 1.165) is 17.0 Å². The highest BCUT2D eigenvalue weighted by Crippen LogP contribution is 2.20. The Labute approximate surface area is 78.9 Å². The van der Waals surface area contributed by atoms with Gasteiger partial charge in [-0.3, -0.25) is 4.40 Å². The zero-order chi connectivity index (χ0) is 9.64. The highest BCUT2D eigenvalue weighted by atomic mass is 32.2. The van der Waals surface area contributed by atoms with Crippen LogP contribution >= 0.6 is 11.3 Å². The molecule has 0 fully saturated rings. The third-order valence-electron chi connectivity index (χ3n) is 1.54. The van der Waals surface area contributed by atoms with Crippen LogP contribution < -0.4 is 5.14 Å². The maximum Gasteiger partial charge on any atom is 0.249 e. The quantitative estimate of drug-likeness (QED) is 0.748. The minimum absolute atomic E-state index is 0.134. The first kappa shape index (κ1) is 8.67. The van der Waals surface area contributed by atoms with Crippen LogP contribution in [0, 0.1) is 6.92 Å². The van der Waals surface area contributed by atoms with Crippen LogP contribution in [0.4, 0.5) is 0 Å². The summed E-state index contributed by atoms with van der Waals surface area (Å²) in [6, 6.07) is 0. The number of thiazole rings is 1. The molecular formula is C6H7N3O2S2. The molecule has 2 rings (SSSR count). The zero-order valence-electron chi connectivity index (χ0n) is 6.76. The van der Waals surface area contributed by atoms with E-state index >= 15 is 0 Å². The van der Waals surface area contributed by atoms with Gasteiger partial charge in [0.25, 0.3) is 0 Å². The molecule has 0 aliphatic carbocycles. The van der Waals surface area contributed by atoms with Crippen molar-refractivity contribution in [3.63, 3.8) is 0 Å². The molecule has 13 heavy (non-hydrogen) atoms. The van der Waals surface area contributed by atoms with Crippen molar-refractivity contribution >= 4 is 26.3 Å². The Kier molecular flexibility index (Phi) is 1.69. The molecule has 0 bridgehead atoms.